The van der Waals surface area contributed by atoms with E-state index >= 15 is 0 Å². The van der Waals surface area contributed by atoms with Crippen LogP contribution in [0.15, 0.2) is 17.0 Å². The van der Waals surface area contributed by atoms with Gasteiger partial charge in [0.1, 0.15) is 4.90 Å². The highest BCUT2D eigenvalue weighted by molar-refractivity contribution is 7.89. The molecule has 0 aliphatic heterocycles. The predicted molar refractivity (Wildman–Crippen MR) is 73.0 cm³/mol. The van der Waals surface area contributed by atoms with Crippen molar-refractivity contribution in [1.82, 2.24) is 4.31 Å². The van der Waals surface area contributed by atoms with Crippen molar-refractivity contribution in [1.29, 1.82) is 0 Å². The van der Waals surface area contributed by atoms with Crippen molar-refractivity contribution in [3.05, 3.63) is 28.5 Å². The van der Waals surface area contributed by atoms with Gasteiger partial charge in [0.05, 0.1) is 5.56 Å². The lowest BCUT2D eigenvalue weighted by Gasteiger charge is -2.20. The Balaban J connectivity index is 3.43. The molecule has 8 heteroatoms. The van der Waals surface area contributed by atoms with Crippen LogP contribution < -0.4 is 0 Å². The normalized spacial score (nSPS) is 12.2. The first-order valence-corrected chi connectivity index (χ1v) is 7.57. The smallest absolute Gasteiger partial charge is 0.338 e. The molecule has 0 amide bonds. The van der Waals surface area contributed by atoms with E-state index in [1.165, 1.54) is 7.05 Å². The van der Waals surface area contributed by atoms with E-state index in [0.29, 0.717) is 0 Å². The molecule has 0 spiro atoms. The molecule has 112 valence electrons. The lowest BCUT2D eigenvalue weighted by molar-refractivity contribution is 0.0691. The highest BCUT2D eigenvalue weighted by Crippen LogP contribution is 2.26. The quantitative estimate of drug-likeness (QED) is 0.903. The third kappa shape index (κ3) is 3.47. The van der Waals surface area contributed by atoms with Crippen LogP contribution in [0.3, 0.4) is 0 Å². The highest BCUT2D eigenvalue weighted by Gasteiger charge is 2.28. The fraction of sp³-hybridized carbons (Fsp3) is 0.417. The van der Waals surface area contributed by atoms with Crippen LogP contribution in [0.2, 0.25) is 5.02 Å². The van der Waals surface area contributed by atoms with Gasteiger partial charge in [0.25, 0.3) is 0 Å². The fourth-order valence-corrected chi connectivity index (χ4v) is 3.41. The summed E-state index contributed by atoms with van der Waals surface area (Å²) in [5.74, 6) is -2.85. The molecule has 0 bridgehead atoms. The summed E-state index contributed by atoms with van der Waals surface area (Å²) in [4.78, 5) is 10.2. The Bertz CT molecular complexity index is 631. The van der Waals surface area contributed by atoms with Crippen molar-refractivity contribution in [2.24, 2.45) is 5.92 Å². The Morgan fingerprint density at radius 1 is 1.45 bits per heavy atom. The number of nitrogens with zero attached hydrogens (tertiary/aromatic N) is 1. The number of carbonyl (C=O) groups is 1. The van der Waals surface area contributed by atoms with Gasteiger partial charge in [0.15, 0.2) is 5.82 Å². The number of sulfonamides is 1. The van der Waals surface area contributed by atoms with Crippen LogP contribution in [0.1, 0.15) is 24.2 Å². The minimum atomic E-state index is -4.13. The van der Waals surface area contributed by atoms with Crippen LogP contribution in [-0.2, 0) is 10.0 Å². The molecule has 0 atom stereocenters. The molecule has 1 N–H and O–H groups in total. The molecule has 1 aromatic carbocycles. The molecule has 0 aliphatic rings. The zero-order valence-electron chi connectivity index (χ0n) is 11.2. The third-order valence-electron chi connectivity index (χ3n) is 2.54. The summed E-state index contributed by atoms with van der Waals surface area (Å²) in [6.07, 6.45) is 0. The molecule has 5 nitrogen and oxygen atoms in total. The van der Waals surface area contributed by atoms with Gasteiger partial charge >= 0.3 is 5.97 Å². The first kappa shape index (κ1) is 16.9. The summed E-state index contributed by atoms with van der Waals surface area (Å²) < 4.78 is 39.5. The maximum atomic E-state index is 14.1. The van der Waals surface area contributed by atoms with E-state index in [-0.39, 0.29) is 17.5 Å². The first-order chi connectivity index (χ1) is 9.07. The summed E-state index contributed by atoms with van der Waals surface area (Å²) in [6, 6.07) is 1.79. The van der Waals surface area contributed by atoms with Crippen LogP contribution in [0, 0.1) is 11.7 Å². The monoisotopic (exact) mass is 323 g/mol. The molecule has 1 aromatic rings. The van der Waals surface area contributed by atoms with Crippen molar-refractivity contribution in [3.63, 3.8) is 0 Å². The van der Waals surface area contributed by atoms with Gasteiger partial charge in [0, 0.05) is 18.6 Å². The van der Waals surface area contributed by atoms with Crippen LogP contribution in [0.25, 0.3) is 0 Å². The standard InChI is InChI=1S/C12H15ClFNO4S/c1-7(2)6-15(3)20(18,19)10-5-8(13)4-9(11(10)14)12(16)17/h4-5,7H,6H2,1-3H3,(H,16,17). The van der Waals surface area contributed by atoms with Gasteiger partial charge in [-0.25, -0.2) is 21.9 Å². The average Bonchev–Trinajstić information content (AvgIpc) is 2.30. The van der Waals surface area contributed by atoms with Crippen molar-refractivity contribution in [2.45, 2.75) is 18.7 Å². The zero-order chi connectivity index (χ0) is 15.7. The minimum Gasteiger partial charge on any atom is -0.478 e. The molecule has 0 heterocycles. The van der Waals surface area contributed by atoms with Crippen molar-refractivity contribution in [3.8, 4) is 0 Å². The van der Waals surface area contributed by atoms with Gasteiger partial charge in [-0.15, -0.1) is 0 Å². The van der Waals surface area contributed by atoms with Gasteiger partial charge in [0.2, 0.25) is 10.0 Å². The van der Waals surface area contributed by atoms with Gasteiger partial charge < -0.3 is 5.11 Å². The minimum absolute atomic E-state index is 0.0379. The molecular weight excluding hydrogens is 309 g/mol. The Morgan fingerprint density at radius 2 is 2.00 bits per heavy atom. The number of hydrogen-bond acceptors (Lipinski definition) is 3. The second-order valence-corrected chi connectivity index (χ2v) is 7.20. The van der Waals surface area contributed by atoms with E-state index < -0.39 is 32.3 Å². The van der Waals surface area contributed by atoms with Crippen molar-refractivity contribution in [2.75, 3.05) is 13.6 Å². The molecule has 0 radical (unpaired) electrons. The molecule has 0 fully saturated rings. The van der Waals surface area contributed by atoms with Gasteiger partial charge in [-0.2, -0.15) is 0 Å². The van der Waals surface area contributed by atoms with E-state index in [1.807, 2.05) is 13.8 Å². The summed E-state index contributed by atoms with van der Waals surface area (Å²) >= 11 is 5.67. The van der Waals surface area contributed by atoms with Crippen molar-refractivity contribution < 1.29 is 22.7 Å². The topological polar surface area (TPSA) is 74.7 Å². The third-order valence-corrected chi connectivity index (χ3v) is 4.59. The number of carboxylic acid groups (broad SMARTS) is 1. The Labute approximate surface area is 122 Å². The predicted octanol–water partition coefficient (Wildman–Crippen LogP) is 2.45. The van der Waals surface area contributed by atoms with Gasteiger partial charge in [-0.05, 0) is 18.1 Å². The Hall–Kier alpha value is -1.18. The highest BCUT2D eigenvalue weighted by atomic mass is 35.5. The largest absolute Gasteiger partial charge is 0.478 e. The molecule has 0 aromatic heterocycles. The number of halogens is 2. The van der Waals surface area contributed by atoms with Crippen LogP contribution >= 0.6 is 11.6 Å². The summed E-state index contributed by atoms with van der Waals surface area (Å²) in [7, 11) is -2.83. The Kier molecular flexibility index (Phi) is 5.12. The SMILES string of the molecule is CC(C)CN(C)S(=O)(=O)c1cc(Cl)cc(C(=O)O)c1F. The molecule has 0 unspecified atom stereocenters. The van der Waals surface area contributed by atoms with Crippen molar-refractivity contribution >= 4 is 27.6 Å². The number of aromatic carboxylic acids is 1. The second-order valence-electron chi connectivity index (χ2n) is 4.75. The maximum absolute atomic E-state index is 14.1. The molecule has 20 heavy (non-hydrogen) atoms. The lowest BCUT2D eigenvalue weighted by atomic mass is 10.2. The van der Waals surface area contributed by atoms with E-state index in [4.69, 9.17) is 16.7 Å². The van der Waals surface area contributed by atoms with Gasteiger partial charge in [-0.1, -0.05) is 25.4 Å². The summed E-state index contributed by atoms with van der Waals surface area (Å²) in [5, 5.41) is 8.70. The molecule has 0 aliphatic carbocycles. The van der Waals surface area contributed by atoms with E-state index in [1.54, 1.807) is 0 Å². The molecular formula is C12H15ClFNO4S. The number of benzene rings is 1. The number of carboxylic acids is 1. The fourth-order valence-electron chi connectivity index (χ4n) is 1.69. The average molecular weight is 324 g/mol. The zero-order valence-corrected chi connectivity index (χ0v) is 12.8. The van der Waals surface area contributed by atoms with E-state index in [9.17, 15) is 17.6 Å². The second kappa shape index (κ2) is 6.07. The Morgan fingerprint density at radius 3 is 2.45 bits per heavy atom. The molecule has 1 rings (SSSR count). The first-order valence-electron chi connectivity index (χ1n) is 5.76. The number of hydrogen-bond donors (Lipinski definition) is 1. The van der Waals surface area contributed by atoms with Crippen LogP contribution in [0.4, 0.5) is 4.39 Å². The van der Waals surface area contributed by atoms with E-state index in [2.05, 4.69) is 0 Å². The molecule has 0 saturated heterocycles. The van der Waals surface area contributed by atoms with Gasteiger partial charge in [-0.3, -0.25) is 0 Å². The summed E-state index contributed by atoms with van der Waals surface area (Å²) in [5.41, 5.74) is -0.769. The number of rotatable bonds is 5. The van der Waals surface area contributed by atoms with E-state index in [0.717, 1.165) is 16.4 Å². The maximum Gasteiger partial charge on any atom is 0.338 e. The van der Waals surface area contributed by atoms with Crippen LogP contribution in [0.5, 0.6) is 0 Å². The summed E-state index contributed by atoms with van der Waals surface area (Å²) in [6.45, 7) is 3.79. The van der Waals surface area contributed by atoms with Crippen LogP contribution in [-0.4, -0.2) is 37.4 Å². The lowest BCUT2D eigenvalue weighted by Crippen LogP contribution is -2.31. The molecule has 0 saturated carbocycles.